The second kappa shape index (κ2) is 16.3. The van der Waals surface area contributed by atoms with Gasteiger partial charge in [-0.3, -0.25) is 4.79 Å². The molecule has 1 atom stereocenters. The van der Waals surface area contributed by atoms with Gasteiger partial charge in [0.1, 0.15) is 6.04 Å². The topological polar surface area (TPSA) is 66.4 Å². The van der Waals surface area contributed by atoms with Crippen LogP contribution >= 0.6 is 0 Å². The van der Waals surface area contributed by atoms with Gasteiger partial charge in [0.25, 0.3) is 0 Å². The maximum Gasteiger partial charge on any atom is 0.326 e. The summed E-state index contributed by atoms with van der Waals surface area (Å²) in [5.74, 6) is -1.09. The van der Waals surface area contributed by atoms with Crippen molar-refractivity contribution in [3.63, 3.8) is 0 Å². The van der Waals surface area contributed by atoms with Gasteiger partial charge in [0.2, 0.25) is 5.91 Å². The van der Waals surface area contributed by atoms with Crippen molar-refractivity contribution in [2.24, 2.45) is 0 Å². The van der Waals surface area contributed by atoms with Crippen LogP contribution in [0.3, 0.4) is 0 Å². The zero-order valence-corrected chi connectivity index (χ0v) is 16.1. The van der Waals surface area contributed by atoms with Crippen LogP contribution in [0.2, 0.25) is 0 Å². The summed E-state index contributed by atoms with van der Waals surface area (Å²) in [6, 6.07) is -0.735. The van der Waals surface area contributed by atoms with E-state index in [9.17, 15) is 9.59 Å². The van der Waals surface area contributed by atoms with Gasteiger partial charge in [-0.1, -0.05) is 65.2 Å². The second-order valence-corrected chi connectivity index (χ2v) is 5.45. The molecule has 0 aromatic heterocycles. The van der Waals surface area contributed by atoms with Gasteiger partial charge < -0.3 is 10.4 Å². The number of aliphatic carboxylic acids is 1. The van der Waals surface area contributed by atoms with E-state index in [-0.39, 0.29) is 35.5 Å². The van der Waals surface area contributed by atoms with E-state index in [2.05, 4.69) is 12.2 Å². The first-order valence-electron chi connectivity index (χ1n) is 8.14. The summed E-state index contributed by atoms with van der Waals surface area (Å²) in [6.07, 6.45) is 11.8. The van der Waals surface area contributed by atoms with E-state index < -0.39 is 12.0 Å². The monoisotopic (exact) mass is 308 g/mol. The Morgan fingerprint density at radius 1 is 0.905 bits per heavy atom. The number of carbonyl (C=O) groups excluding carboxylic acids is 1. The molecule has 0 bridgehead atoms. The number of hydrogen-bond donors (Lipinski definition) is 2. The molecule has 1 amide bonds. The largest absolute Gasteiger partial charge is 0.480 e. The first kappa shape index (κ1) is 23.2. The van der Waals surface area contributed by atoms with Gasteiger partial charge in [0, 0.05) is 36.0 Å². The van der Waals surface area contributed by atoms with Crippen LogP contribution in [0.4, 0.5) is 0 Å². The van der Waals surface area contributed by atoms with Crippen molar-refractivity contribution in [2.75, 3.05) is 0 Å². The summed E-state index contributed by atoms with van der Waals surface area (Å²) in [6.45, 7) is 3.98. The van der Waals surface area contributed by atoms with Crippen LogP contribution in [-0.2, 0) is 9.59 Å². The van der Waals surface area contributed by atoms with E-state index in [4.69, 9.17) is 5.11 Å². The molecule has 5 heteroatoms. The average molecular weight is 308 g/mol. The van der Waals surface area contributed by atoms with Crippen molar-refractivity contribution in [1.82, 2.24) is 5.32 Å². The molecule has 119 valence electrons. The Labute approximate surface area is 151 Å². The van der Waals surface area contributed by atoms with E-state index in [1.165, 1.54) is 44.9 Å². The smallest absolute Gasteiger partial charge is 0.326 e. The standard InChI is InChI=1S/C16H31NO3.Na/c1-3-5-6-7-8-9-10-11-12-13-15(18)17-14(4-2)16(19)20;/h14H,3-13H2,1-2H3,(H,17,18)(H,19,20);/t14-;/m0./s1. The van der Waals surface area contributed by atoms with E-state index in [1.807, 2.05) is 0 Å². The van der Waals surface area contributed by atoms with Crippen LogP contribution in [0.25, 0.3) is 0 Å². The Morgan fingerprint density at radius 2 is 1.38 bits per heavy atom. The number of hydrogen-bond acceptors (Lipinski definition) is 2. The number of carbonyl (C=O) groups is 2. The van der Waals surface area contributed by atoms with Gasteiger partial charge in [-0.05, 0) is 12.8 Å². The molecule has 0 fully saturated rings. The summed E-state index contributed by atoms with van der Waals surface area (Å²) < 4.78 is 0. The minimum absolute atomic E-state index is 0. The van der Waals surface area contributed by atoms with Crippen LogP contribution in [-0.4, -0.2) is 52.6 Å². The third-order valence-corrected chi connectivity index (χ3v) is 3.55. The summed E-state index contributed by atoms with van der Waals surface area (Å²) in [5.41, 5.74) is 0. The molecule has 0 aromatic carbocycles. The molecule has 0 rings (SSSR count). The number of carboxylic acids is 1. The Hall–Kier alpha value is -0.0600. The summed E-state index contributed by atoms with van der Waals surface area (Å²) in [7, 11) is 0. The maximum absolute atomic E-state index is 11.5. The van der Waals surface area contributed by atoms with Crippen LogP contribution < -0.4 is 5.32 Å². The third kappa shape index (κ3) is 14.6. The SMILES string of the molecule is CCCCCCCCCCCC(=O)N[C@@H](CC)C(=O)O.[Na]. The van der Waals surface area contributed by atoms with Gasteiger partial charge in [-0.25, -0.2) is 4.79 Å². The van der Waals surface area contributed by atoms with Gasteiger partial charge in [-0.15, -0.1) is 0 Å². The molecule has 0 aliphatic heterocycles. The molecule has 0 aromatic rings. The fraction of sp³-hybridized carbons (Fsp3) is 0.875. The van der Waals surface area contributed by atoms with Crippen molar-refractivity contribution in [1.29, 1.82) is 0 Å². The van der Waals surface area contributed by atoms with E-state index in [1.54, 1.807) is 6.92 Å². The molecule has 0 aliphatic carbocycles. The van der Waals surface area contributed by atoms with E-state index >= 15 is 0 Å². The minimum Gasteiger partial charge on any atom is -0.480 e. The van der Waals surface area contributed by atoms with Crippen LogP contribution in [0, 0.1) is 0 Å². The summed E-state index contributed by atoms with van der Waals surface area (Å²) in [4.78, 5) is 22.3. The van der Waals surface area contributed by atoms with Crippen LogP contribution in [0.15, 0.2) is 0 Å². The quantitative estimate of drug-likeness (QED) is 0.404. The van der Waals surface area contributed by atoms with Crippen LogP contribution in [0.5, 0.6) is 0 Å². The first-order chi connectivity index (χ1) is 9.61. The Morgan fingerprint density at radius 3 is 1.81 bits per heavy atom. The molecular weight excluding hydrogens is 277 g/mol. The Balaban J connectivity index is 0. The van der Waals surface area contributed by atoms with Crippen LogP contribution in [0.1, 0.15) is 84.5 Å². The third-order valence-electron chi connectivity index (χ3n) is 3.55. The predicted octanol–water partition coefficient (Wildman–Crippen LogP) is 3.51. The average Bonchev–Trinajstić information content (AvgIpc) is 2.42. The molecule has 1 radical (unpaired) electrons. The Kier molecular flexibility index (Phi) is 18.0. The number of unbranched alkanes of at least 4 members (excludes halogenated alkanes) is 8. The van der Waals surface area contributed by atoms with Gasteiger partial charge in [0.05, 0.1) is 0 Å². The fourth-order valence-electron chi connectivity index (χ4n) is 2.20. The fourth-order valence-corrected chi connectivity index (χ4v) is 2.20. The van der Waals surface area contributed by atoms with Crippen molar-refractivity contribution in [2.45, 2.75) is 90.5 Å². The maximum atomic E-state index is 11.5. The number of nitrogens with one attached hydrogen (secondary N) is 1. The van der Waals surface area contributed by atoms with Gasteiger partial charge >= 0.3 is 5.97 Å². The van der Waals surface area contributed by atoms with Crippen molar-refractivity contribution in [3.8, 4) is 0 Å². The summed E-state index contributed by atoms with van der Waals surface area (Å²) in [5, 5.41) is 11.4. The molecule has 0 saturated carbocycles. The normalized spacial score (nSPS) is 11.5. The molecule has 0 saturated heterocycles. The zero-order valence-electron chi connectivity index (χ0n) is 14.1. The minimum atomic E-state index is -0.951. The van der Waals surface area contributed by atoms with Crippen molar-refractivity contribution >= 4 is 41.4 Å². The number of amides is 1. The number of carboxylic acid groups (broad SMARTS) is 1. The molecule has 0 aliphatic rings. The predicted molar refractivity (Wildman–Crippen MR) is 87.5 cm³/mol. The second-order valence-electron chi connectivity index (χ2n) is 5.45. The molecule has 0 unspecified atom stereocenters. The zero-order chi connectivity index (χ0) is 15.2. The van der Waals surface area contributed by atoms with Gasteiger partial charge in [-0.2, -0.15) is 0 Å². The van der Waals surface area contributed by atoms with Crippen molar-refractivity contribution < 1.29 is 14.7 Å². The molecule has 21 heavy (non-hydrogen) atoms. The number of rotatable bonds is 13. The molecule has 4 nitrogen and oxygen atoms in total. The van der Waals surface area contributed by atoms with E-state index in [0.717, 1.165) is 12.8 Å². The van der Waals surface area contributed by atoms with Crippen molar-refractivity contribution in [3.05, 3.63) is 0 Å². The molecule has 0 heterocycles. The summed E-state index contributed by atoms with van der Waals surface area (Å²) >= 11 is 0. The van der Waals surface area contributed by atoms with E-state index in [0.29, 0.717) is 12.8 Å². The Bertz CT molecular complexity index is 272. The molecule has 2 N–H and O–H groups in total. The molecule has 0 spiro atoms. The first-order valence-corrected chi connectivity index (χ1v) is 8.14. The molecular formula is C16H31NNaO3. The van der Waals surface area contributed by atoms with Gasteiger partial charge in [0.15, 0.2) is 0 Å².